The summed E-state index contributed by atoms with van der Waals surface area (Å²) in [5.74, 6) is -1.08. The van der Waals surface area contributed by atoms with Gasteiger partial charge in [0.05, 0.1) is 11.7 Å². The molecule has 10 heteroatoms. The lowest BCUT2D eigenvalue weighted by Crippen LogP contribution is -2.20. The Kier molecular flexibility index (Phi) is 6.91. The van der Waals surface area contributed by atoms with Crippen LogP contribution in [0.3, 0.4) is 0 Å². The Labute approximate surface area is 189 Å². The van der Waals surface area contributed by atoms with Crippen molar-refractivity contribution < 1.29 is 19.4 Å². The summed E-state index contributed by atoms with van der Waals surface area (Å²) >= 11 is 1.29. The number of ether oxygens (including phenoxy) is 1. The van der Waals surface area contributed by atoms with Gasteiger partial charge in [-0.15, -0.1) is 11.3 Å². The molecule has 0 unspecified atom stereocenters. The normalized spacial score (nSPS) is 14.5. The first-order valence-corrected chi connectivity index (χ1v) is 11.5. The van der Waals surface area contributed by atoms with Crippen molar-refractivity contribution in [1.29, 1.82) is 0 Å². The Morgan fingerprint density at radius 3 is 2.84 bits per heavy atom. The van der Waals surface area contributed by atoms with Gasteiger partial charge in [-0.2, -0.15) is 5.10 Å². The van der Waals surface area contributed by atoms with Crippen LogP contribution in [0.1, 0.15) is 64.8 Å². The number of aryl methyl sites for hydroxylation is 1. The number of carbonyl (C=O) groups excluding carboxylic acids is 1. The van der Waals surface area contributed by atoms with Crippen LogP contribution in [0.4, 0.5) is 5.69 Å². The second-order valence-corrected chi connectivity index (χ2v) is 8.62. The van der Waals surface area contributed by atoms with Crippen LogP contribution >= 0.6 is 11.3 Å². The van der Waals surface area contributed by atoms with Crippen LogP contribution in [0, 0.1) is 0 Å². The maximum absolute atomic E-state index is 12.6. The molecule has 32 heavy (non-hydrogen) atoms. The molecule has 0 amide bonds. The van der Waals surface area contributed by atoms with E-state index >= 15 is 0 Å². The minimum atomic E-state index is -1.04. The number of aromatic carboxylic acids is 1. The number of carbonyl (C=O) groups is 2. The number of ketones is 1. The molecule has 0 aromatic carbocycles. The molecule has 4 heterocycles. The number of thiazole rings is 1. The fraction of sp³-hybridized carbons (Fsp3) is 0.409. The summed E-state index contributed by atoms with van der Waals surface area (Å²) in [5.41, 5.74) is 8.60. The summed E-state index contributed by atoms with van der Waals surface area (Å²) in [5, 5.41) is 15.7. The Morgan fingerprint density at radius 1 is 1.28 bits per heavy atom. The zero-order valence-electron chi connectivity index (χ0n) is 17.6. The largest absolute Gasteiger partial charge is 0.476 e. The van der Waals surface area contributed by atoms with Crippen LogP contribution in [0.15, 0.2) is 29.9 Å². The third-order valence-electron chi connectivity index (χ3n) is 5.46. The quantitative estimate of drug-likeness (QED) is 0.369. The molecule has 4 rings (SSSR count). The Bertz CT molecular complexity index is 1100. The van der Waals surface area contributed by atoms with E-state index in [2.05, 4.69) is 15.1 Å². The number of anilines is 1. The van der Waals surface area contributed by atoms with E-state index in [0.29, 0.717) is 48.9 Å². The molecule has 1 fully saturated rings. The van der Waals surface area contributed by atoms with E-state index < -0.39 is 5.97 Å². The van der Waals surface area contributed by atoms with Crippen molar-refractivity contribution in [2.45, 2.75) is 44.6 Å². The topological polar surface area (TPSA) is 133 Å². The molecule has 3 N–H and O–H groups in total. The molecule has 3 aromatic heterocycles. The monoisotopic (exact) mass is 455 g/mol. The number of hydrogen-bond acceptors (Lipinski definition) is 8. The van der Waals surface area contributed by atoms with Crippen LogP contribution in [0.5, 0.6) is 0 Å². The average Bonchev–Trinajstić information content (AvgIpc) is 3.45. The third kappa shape index (κ3) is 5.20. The molecule has 1 aliphatic heterocycles. The first kappa shape index (κ1) is 22.1. The first-order valence-electron chi connectivity index (χ1n) is 10.6. The van der Waals surface area contributed by atoms with Crippen LogP contribution in [-0.2, 0) is 11.2 Å². The molecular weight excluding hydrogens is 430 g/mol. The van der Waals surface area contributed by atoms with Crippen molar-refractivity contribution in [3.8, 4) is 10.6 Å². The molecule has 0 atom stereocenters. The number of aromatic nitrogens is 4. The van der Waals surface area contributed by atoms with Gasteiger partial charge in [-0.3, -0.25) is 14.5 Å². The van der Waals surface area contributed by atoms with Gasteiger partial charge in [-0.25, -0.2) is 9.78 Å². The number of pyridine rings is 1. The second-order valence-electron chi connectivity index (χ2n) is 7.77. The van der Waals surface area contributed by atoms with Crippen LogP contribution < -0.4 is 5.73 Å². The van der Waals surface area contributed by atoms with Crippen molar-refractivity contribution in [2.75, 3.05) is 18.9 Å². The lowest BCUT2D eigenvalue weighted by Gasteiger charge is -2.22. The van der Waals surface area contributed by atoms with E-state index in [0.717, 1.165) is 30.5 Å². The molecule has 9 nitrogen and oxygen atoms in total. The maximum atomic E-state index is 12.6. The minimum Gasteiger partial charge on any atom is -0.476 e. The number of hydrogen-bond donors (Lipinski definition) is 2. The van der Waals surface area contributed by atoms with Crippen molar-refractivity contribution >= 4 is 28.8 Å². The molecule has 0 radical (unpaired) electrons. The molecule has 0 spiro atoms. The zero-order valence-corrected chi connectivity index (χ0v) is 18.4. The van der Waals surface area contributed by atoms with Crippen molar-refractivity contribution in [2.24, 2.45) is 0 Å². The number of nitrogens with two attached hydrogens (primary N) is 1. The fourth-order valence-corrected chi connectivity index (χ4v) is 4.51. The Balaban J connectivity index is 1.29. The van der Waals surface area contributed by atoms with Gasteiger partial charge in [-0.1, -0.05) is 0 Å². The van der Waals surface area contributed by atoms with Gasteiger partial charge in [-0.05, 0) is 44.2 Å². The first-order chi connectivity index (χ1) is 15.5. The van der Waals surface area contributed by atoms with Crippen molar-refractivity contribution in [1.82, 2.24) is 19.7 Å². The van der Waals surface area contributed by atoms with Gasteiger partial charge in [0, 0.05) is 48.7 Å². The molecule has 1 saturated heterocycles. The minimum absolute atomic E-state index is 0.0420. The highest BCUT2D eigenvalue weighted by Crippen LogP contribution is 2.25. The van der Waals surface area contributed by atoms with E-state index in [1.807, 2.05) is 16.8 Å². The van der Waals surface area contributed by atoms with Gasteiger partial charge < -0.3 is 15.6 Å². The molecule has 3 aromatic rings. The predicted molar refractivity (Wildman–Crippen MR) is 120 cm³/mol. The molecular formula is C22H25N5O4S. The van der Waals surface area contributed by atoms with E-state index in [1.165, 1.54) is 16.7 Å². The highest BCUT2D eigenvalue weighted by Gasteiger charge is 2.21. The van der Waals surface area contributed by atoms with Crippen molar-refractivity contribution in [3.63, 3.8) is 0 Å². The molecule has 0 bridgehead atoms. The summed E-state index contributed by atoms with van der Waals surface area (Å²) in [6.07, 6.45) is 7.79. The SMILES string of the molecule is Nc1cn(C2CCOCC2)nc1C(=O)CCCCc1cc(-c2nc(C(=O)O)cs2)ccn1. The second kappa shape index (κ2) is 10.0. The van der Waals surface area contributed by atoms with Gasteiger partial charge in [0.15, 0.2) is 17.2 Å². The number of carboxylic acids is 1. The van der Waals surface area contributed by atoms with Gasteiger partial charge in [0.25, 0.3) is 0 Å². The fourth-order valence-electron chi connectivity index (χ4n) is 3.72. The maximum Gasteiger partial charge on any atom is 0.355 e. The Hall–Kier alpha value is -3.11. The molecule has 0 saturated carbocycles. The lowest BCUT2D eigenvalue weighted by atomic mass is 10.1. The lowest BCUT2D eigenvalue weighted by molar-refractivity contribution is 0.0660. The number of unbranched alkanes of at least 4 members (excludes halogenated alkanes) is 1. The van der Waals surface area contributed by atoms with Gasteiger partial charge >= 0.3 is 5.97 Å². The summed E-state index contributed by atoms with van der Waals surface area (Å²) in [6, 6.07) is 3.96. The summed E-state index contributed by atoms with van der Waals surface area (Å²) < 4.78 is 7.19. The van der Waals surface area contributed by atoms with E-state index in [4.69, 9.17) is 15.6 Å². The standard InChI is InChI=1S/C22H25N5O4S/c23-17-12-27(16-6-9-31-10-7-16)26-20(17)19(28)4-2-1-3-15-11-14(5-8-24-15)21-25-18(13-32-21)22(29)30/h5,8,11-13,16H,1-4,6-7,9-10,23H2,(H,29,30). The number of nitrogens with zero attached hydrogens (tertiary/aromatic N) is 4. The Morgan fingerprint density at radius 2 is 2.09 bits per heavy atom. The van der Waals surface area contributed by atoms with Gasteiger partial charge in [0.1, 0.15) is 5.01 Å². The number of Topliss-reactive ketones (excluding diaryl/α,β-unsaturated/α-hetero) is 1. The molecule has 168 valence electrons. The number of rotatable bonds is 9. The van der Waals surface area contributed by atoms with E-state index in [1.54, 1.807) is 12.4 Å². The summed E-state index contributed by atoms with van der Waals surface area (Å²) in [6.45, 7) is 1.40. The number of carboxylic acid groups (broad SMARTS) is 1. The average molecular weight is 456 g/mol. The third-order valence-corrected chi connectivity index (χ3v) is 6.35. The molecule has 1 aliphatic rings. The summed E-state index contributed by atoms with van der Waals surface area (Å²) in [7, 11) is 0. The highest BCUT2D eigenvalue weighted by atomic mass is 32.1. The zero-order chi connectivity index (χ0) is 22.5. The summed E-state index contributed by atoms with van der Waals surface area (Å²) in [4.78, 5) is 32.2. The van der Waals surface area contributed by atoms with Crippen LogP contribution in [-0.4, -0.2) is 49.8 Å². The van der Waals surface area contributed by atoms with Crippen LogP contribution in [0.2, 0.25) is 0 Å². The van der Waals surface area contributed by atoms with Crippen molar-refractivity contribution in [3.05, 3.63) is 47.0 Å². The molecule has 0 aliphatic carbocycles. The predicted octanol–water partition coefficient (Wildman–Crippen LogP) is 3.63. The van der Waals surface area contributed by atoms with Gasteiger partial charge in [0.2, 0.25) is 0 Å². The van der Waals surface area contributed by atoms with Crippen LogP contribution in [0.25, 0.3) is 10.6 Å². The smallest absolute Gasteiger partial charge is 0.355 e. The van der Waals surface area contributed by atoms with E-state index in [-0.39, 0.29) is 17.5 Å². The highest BCUT2D eigenvalue weighted by molar-refractivity contribution is 7.13. The number of nitrogen functional groups attached to an aromatic ring is 1. The van der Waals surface area contributed by atoms with E-state index in [9.17, 15) is 9.59 Å².